The molecule has 0 fully saturated rings. The molecule has 0 saturated carbocycles. The topological polar surface area (TPSA) is 98.1 Å². The molecule has 26 heavy (non-hydrogen) atoms. The number of carbonyl (C=O) groups is 2. The van der Waals surface area contributed by atoms with Gasteiger partial charge in [-0.3, -0.25) is 9.59 Å². The molecular weight excluding hydrogens is 381 g/mol. The highest BCUT2D eigenvalue weighted by Crippen LogP contribution is 2.16. The number of benzene rings is 1. The summed E-state index contributed by atoms with van der Waals surface area (Å²) in [6, 6.07) is 8.52. The maximum atomic E-state index is 9.64. The molecule has 6 nitrogen and oxygen atoms in total. The number of hydrogen-bond acceptors (Lipinski definition) is 4. The van der Waals surface area contributed by atoms with E-state index in [0.29, 0.717) is 11.8 Å². The van der Waals surface area contributed by atoms with Gasteiger partial charge in [-0.25, -0.2) is 0 Å². The molecule has 3 N–H and O–H groups in total. The fourth-order valence-electron chi connectivity index (χ4n) is 2.10. The highest BCUT2D eigenvalue weighted by atomic mass is 35.5. The maximum Gasteiger partial charge on any atom is 0.303 e. The number of aryl methyl sites for hydroxylation is 1. The number of carboxylic acids is 2. The van der Waals surface area contributed by atoms with Crippen molar-refractivity contribution in [1.82, 2.24) is 0 Å². The Bertz CT molecular complexity index is 491. The summed E-state index contributed by atoms with van der Waals surface area (Å²) < 4.78 is 0. The number of halogens is 2. The van der Waals surface area contributed by atoms with E-state index in [0.717, 1.165) is 32.4 Å². The molecule has 0 spiro atoms. The van der Waals surface area contributed by atoms with Gasteiger partial charge in [0.15, 0.2) is 0 Å². The maximum absolute atomic E-state index is 9.64. The lowest BCUT2D eigenvalue weighted by Crippen LogP contribution is -2.27. The van der Waals surface area contributed by atoms with Gasteiger partial charge in [0, 0.05) is 37.1 Å². The molecule has 0 aliphatic carbocycles. The minimum atomic E-state index is -1.08. The third kappa shape index (κ3) is 12.8. The largest absolute Gasteiger partial charge is 0.481 e. The molecule has 0 amide bonds. The molecule has 0 aromatic heterocycles. The molecule has 0 heterocycles. The number of rotatable bonds is 12. The van der Waals surface area contributed by atoms with Crippen molar-refractivity contribution in [2.75, 3.05) is 36.4 Å². The second-order valence-electron chi connectivity index (χ2n) is 5.50. The van der Waals surface area contributed by atoms with E-state index in [1.165, 1.54) is 11.3 Å². The highest BCUT2D eigenvalue weighted by Gasteiger charge is 2.05. The van der Waals surface area contributed by atoms with Gasteiger partial charge in [0.1, 0.15) is 0 Å². The molecular formula is C18H27Cl2NO5. The third-order valence-corrected chi connectivity index (χ3v) is 3.77. The summed E-state index contributed by atoms with van der Waals surface area (Å²) in [7, 11) is 0. The van der Waals surface area contributed by atoms with E-state index in [1.54, 1.807) is 0 Å². The van der Waals surface area contributed by atoms with Crippen LogP contribution in [0.2, 0.25) is 0 Å². The van der Waals surface area contributed by atoms with Crippen molar-refractivity contribution in [3.63, 3.8) is 0 Å². The summed E-state index contributed by atoms with van der Waals surface area (Å²) >= 11 is 11.6. The number of anilines is 1. The quantitative estimate of drug-likeness (QED) is 0.363. The molecule has 1 aromatic rings. The van der Waals surface area contributed by atoms with Gasteiger partial charge >= 0.3 is 11.9 Å². The molecule has 0 radical (unpaired) electrons. The number of nitrogens with zero attached hydrogens (tertiary/aromatic N) is 1. The summed E-state index contributed by atoms with van der Waals surface area (Å²) in [6.07, 6.45) is 2.33. The van der Waals surface area contributed by atoms with Gasteiger partial charge < -0.3 is 20.2 Å². The average Bonchev–Trinajstić information content (AvgIpc) is 2.61. The summed E-state index contributed by atoms with van der Waals surface area (Å²) in [5.41, 5.74) is 2.48. The fourth-order valence-corrected chi connectivity index (χ4v) is 2.51. The van der Waals surface area contributed by atoms with E-state index in [9.17, 15) is 9.59 Å². The zero-order valence-corrected chi connectivity index (χ0v) is 16.3. The van der Waals surface area contributed by atoms with Crippen LogP contribution < -0.4 is 4.90 Å². The molecule has 1 aromatic carbocycles. The SMILES string of the molecule is O=C(O)CCC(=O)O.OCCCCc1ccc(N(CCCl)CCCl)cc1. The number of unbranched alkanes of at least 4 members (excludes halogenated alkanes) is 1. The number of aliphatic hydroxyl groups excluding tert-OH is 1. The Kier molecular flexibility index (Phi) is 14.8. The standard InChI is InChI=1S/C14H21Cl2NO.C4H6O4/c15-8-10-17(11-9-16)14-6-4-13(5-7-14)3-1-2-12-18;5-3(6)1-2-4(7)8/h4-7,18H,1-3,8-12H2;1-2H2,(H,5,6)(H,7,8). The van der Waals surface area contributed by atoms with Crippen molar-refractivity contribution in [3.8, 4) is 0 Å². The molecule has 0 bridgehead atoms. The first-order chi connectivity index (χ1) is 12.4. The number of carboxylic acid groups (broad SMARTS) is 2. The van der Waals surface area contributed by atoms with Crippen LogP contribution in [-0.2, 0) is 16.0 Å². The molecule has 1 rings (SSSR count). The van der Waals surface area contributed by atoms with Crippen molar-refractivity contribution in [2.45, 2.75) is 32.1 Å². The smallest absolute Gasteiger partial charge is 0.303 e. The Hall–Kier alpha value is -1.50. The second-order valence-corrected chi connectivity index (χ2v) is 6.26. The number of aliphatic carboxylic acids is 2. The first kappa shape index (κ1) is 24.5. The Morgan fingerprint density at radius 1 is 0.885 bits per heavy atom. The van der Waals surface area contributed by atoms with Crippen molar-refractivity contribution >= 4 is 40.8 Å². The molecule has 0 unspecified atom stereocenters. The van der Waals surface area contributed by atoms with Crippen molar-refractivity contribution in [3.05, 3.63) is 29.8 Å². The Balaban J connectivity index is 0.000000660. The molecule has 0 saturated heterocycles. The minimum absolute atomic E-state index is 0.275. The van der Waals surface area contributed by atoms with E-state index >= 15 is 0 Å². The van der Waals surface area contributed by atoms with Crippen molar-refractivity contribution in [1.29, 1.82) is 0 Å². The van der Waals surface area contributed by atoms with Gasteiger partial charge in [-0.15, -0.1) is 23.2 Å². The van der Waals surface area contributed by atoms with Crippen LogP contribution in [0.4, 0.5) is 5.69 Å². The van der Waals surface area contributed by atoms with Crippen molar-refractivity contribution in [2.24, 2.45) is 0 Å². The predicted molar refractivity (Wildman–Crippen MR) is 105 cm³/mol. The van der Waals surface area contributed by atoms with E-state index < -0.39 is 11.9 Å². The van der Waals surface area contributed by atoms with E-state index in [4.69, 9.17) is 38.5 Å². The zero-order valence-electron chi connectivity index (χ0n) is 14.7. The van der Waals surface area contributed by atoms with Gasteiger partial charge in [-0.05, 0) is 37.0 Å². The summed E-state index contributed by atoms with van der Waals surface area (Å²) in [6.45, 7) is 1.91. The van der Waals surface area contributed by atoms with E-state index in [-0.39, 0.29) is 19.4 Å². The van der Waals surface area contributed by atoms with Crippen LogP contribution in [0.3, 0.4) is 0 Å². The molecule has 0 aliphatic heterocycles. The molecule has 8 heteroatoms. The first-order valence-electron chi connectivity index (χ1n) is 8.44. The van der Waals surface area contributed by atoms with E-state index in [2.05, 4.69) is 29.2 Å². The minimum Gasteiger partial charge on any atom is -0.481 e. The van der Waals surface area contributed by atoms with Crippen LogP contribution in [-0.4, -0.2) is 58.7 Å². The summed E-state index contributed by atoms with van der Waals surface area (Å²) in [4.78, 5) is 21.5. The van der Waals surface area contributed by atoms with Crippen molar-refractivity contribution < 1.29 is 24.9 Å². The third-order valence-electron chi connectivity index (χ3n) is 3.44. The van der Waals surface area contributed by atoms with Gasteiger partial charge in [-0.2, -0.15) is 0 Å². The Labute approximate surface area is 164 Å². The summed E-state index contributed by atoms with van der Waals surface area (Å²) in [5.74, 6) is -0.940. The van der Waals surface area contributed by atoms with Gasteiger partial charge in [0.25, 0.3) is 0 Å². The summed E-state index contributed by atoms with van der Waals surface area (Å²) in [5, 5.41) is 24.5. The molecule has 0 aliphatic rings. The number of hydrogen-bond donors (Lipinski definition) is 3. The Morgan fingerprint density at radius 2 is 1.38 bits per heavy atom. The van der Waals surface area contributed by atoms with E-state index in [1.807, 2.05) is 0 Å². The second kappa shape index (κ2) is 15.7. The van der Waals surface area contributed by atoms with Crippen LogP contribution in [0.15, 0.2) is 24.3 Å². The van der Waals surface area contributed by atoms with Gasteiger partial charge in [0.05, 0.1) is 12.8 Å². The average molecular weight is 408 g/mol. The van der Waals surface area contributed by atoms with Gasteiger partial charge in [-0.1, -0.05) is 12.1 Å². The number of alkyl halides is 2. The predicted octanol–water partition coefficient (Wildman–Crippen LogP) is 3.22. The lowest BCUT2D eigenvalue weighted by atomic mass is 10.1. The Morgan fingerprint density at radius 3 is 1.77 bits per heavy atom. The van der Waals surface area contributed by atoms with Crippen LogP contribution in [0.25, 0.3) is 0 Å². The number of aliphatic hydroxyl groups is 1. The fraction of sp³-hybridized carbons (Fsp3) is 0.556. The lowest BCUT2D eigenvalue weighted by molar-refractivity contribution is -0.143. The monoisotopic (exact) mass is 407 g/mol. The molecule has 0 atom stereocenters. The van der Waals surface area contributed by atoms with Crippen LogP contribution in [0, 0.1) is 0 Å². The zero-order chi connectivity index (χ0) is 19.8. The normalized spacial score (nSPS) is 9.96. The molecule has 148 valence electrons. The van der Waals surface area contributed by atoms with Gasteiger partial charge in [0.2, 0.25) is 0 Å². The van der Waals surface area contributed by atoms with Crippen LogP contribution in [0.1, 0.15) is 31.2 Å². The highest BCUT2D eigenvalue weighted by molar-refractivity contribution is 6.18. The van der Waals surface area contributed by atoms with Crippen LogP contribution >= 0.6 is 23.2 Å². The van der Waals surface area contributed by atoms with Crippen LogP contribution in [0.5, 0.6) is 0 Å². The lowest BCUT2D eigenvalue weighted by Gasteiger charge is -2.23. The first-order valence-corrected chi connectivity index (χ1v) is 9.51.